The number of amides is 1. The van der Waals surface area contributed by atoms with Gasteiger partial charge in [-0.1, -0.05) is 11.6 Å². The maximum Gasteiger partial charge on any atom is 0.254 e. The summed E-state index contributed by atoms with van der Waals surface area (Å²) < 4.78 is 5.54. The minimum absolute atomic E-state index is 0.205. The van der Waals surface area contributed by atoms with E-state index in [1.54, 1.807) is 35.5 Å². The Morgan fingerprint density at radius 1 is 1.13 bits per heavy atom. The van der Waals surface area contributed by atoms with Crippen LogP contribution < -0.4 is 5.32 Å². The van der Waals surface area contributed by atoms with Crippen LogP contribution in [0.3, 0.4) is 0 Å². The molecule has 0 aliphatic heterocycles. The molecule has 0 atom stereocenters. The number of carbonyl (C=O) groups excluding carboxylic acids is 1. The molecular weight excluding hydrogens is 402 g/mol. The molecule has 30 heavy (non-hydrogen) atoms. The number of hydrogen-bond acceptors (Lipinski definition) is 4. The molecule has 8 nitrogen and oxygen atoms in total. The Kier molecular flexibility index (Phi) is 4.48. The summed E-state index contributed by atoms with van der Waals surface area (Å²) in [5.74, 6) is -0.205. The van der Waals surface area contributed by atoms with Gasteiger partial charge in [0.25, 0.3) is 5.91 Å². The van der Waals surface area contributed by atoms with Crippen LogP contribution in [0.1, 0.15) is 27.3 Å². The standard InChI is InChI=1S/C21H18ClN7O/c1-14-4-5-27-12-17(26-20(27)6-14)13-28-10-15(7-25-28)21(30)24-9-18-8-23-19-3-2-16(22)11-29(18)19/h2-8,10-12H,9,13H2,1H3,(H,24,30). The van der Waals surface area contributed by atoms with Gasteiger partial charge in [-0.3, -0.25) is 9.48 Å². The number of rotatable bonds is 5. The lowest BCUT2D eigenvalue weighted by Crippen LogP contribution is -2.23. The predicted octanol–water partition coefficient (Wildman–Crippen LogP) is 3.12. The SMILES string of the molecule is Cc1ccn2cc(Cn3cc(C(=O)NCc4cnc5ccc(Cl)cn45)cn3)nc2c1. The minimum Gasteiger partial charge on any atom is -0.346 e. The lowest BCUT2D eigenvalue weighted by molar-refractivity contribution is 0.0950. The fraction of sp³-hybridized carbons (Fsp3) is 0.143. The van der Waals surface area contributed by atoms with Gasteiger partial charge in [0.05, 0.1) is 47.5 Å². The van der Waals surface area contributed by atoms with Crippen molar-refractivity contribution in [2.45, 2.75) is 20.0 Å². The van der Waals surface area contributed by atoms with Gasteiger partial charge < -0.3 is 14.1 Å². The number of pyridine rings is 2. The molecule has 5 heterocycles. The third-order valence-corrected chi connectivity index (χ3v) is 5.08. The van der Waals surface area contributed by atoms with Crippen LogP contribution in [0, 0.1) is 6.92 Å². The van der Waals surface area contributed by atoms with Crippen LogP contribution in [0.25, 0.3) is 11.3 Å². The van der Waals surface area contributed by atoms with Gasteiger partial charge in [0.2, 0.25) is 0 Å². The molecule has 0 spiro atoms. The Morgan fingerprint density at radius 2 is 2.03 bits per heavy atom. The molecule has 0 saturated heterocycles. The summed E-state index contributed by atoms with van der Waals surface area (Å²) in [5.41, 5.74) is 5.03. The highest BCUT2D eigenvalue weighted by atomic mass is 35.5. The molecular formula is C21H18ClN7O. The number of hydrogen-bond donors (Lipinski definition) is 1. The van der Waals surface area contributed by atoms with E-state index < -0.39 is 0 Å². The third-order valence-electron chi connectivity index (χ3n) is 4.86. The van der Waals surface area contributed by atoms with Crippen LogP contribution in [0.15, 0.2) is 61.4 Å². The molecule has 0 radical (unpaired) electrons. The fourth-order valence-electron chi connectivity index (χ4n) is 3.35. The van der Waals surface area contributed by atoms with Crippen molar-refractivity contribution in [1.29, 1.82) is 0 Å². The fourth-order valence-corrected chi connectivity index (χ4v) is 3.52. The number of aromatic nitrogens is 6. The quantitative estimate of drug-likeness (QED) is 0.474. The zero-order valence-electron chi connectivity index (χ0n) is 16.2. The van der Waals surface area contributed by atoms with Crippen molar-refractivity contribution in [2.75, 3.05) is 0 Å². The van der Waals surface area contributed by atoms with Crippen molar-refractivity contribution < 1.29 is 4.79 Å². The van der Waals surface area contributed by atoms with E-state index in [2.05, 4.69) is 20.4 Å². The molecule has 5 aromatic heterocycles. The molecule has 0 aromatic carbocycles. The average Bonchev–Trinajstić information content (AvgIpc) is 3.44. The summed E-state index contributed by atoms with van der Waals surface area (Å²) in [6, 6.07) is 7.68. The normalized spacial score (nSPS) is 11.4. The highest BCUT2D eigenvalue weighted by Gasteiger charge is 2.11. The molecule has 0 fully saturated rings. The summed E-state index contributed by atoms with van der Waals surface area (Å²) in [4.78, 5) is 21.5. The second-order valence-corrected chi connectivity index (χ2v) is 7.57. The van der Waals surface area contributed by atoms with E-state index in [-0.39, 0.29) is 5.91 Å². The van der Waals surface area contributed by atoms with E-state index >= 15 is 0 Å². The number of nitrogens with zero attached hydrogens (tertiary/aromatic N) is 6. The topological polar surface area (TPSA) is 81.5 Å². The van der Waals surface area contributed by atoms with Gasteiger partial charge in [0.1, 0.15) is 11.3 Å². The highest BCUT2D eigenvalue weighted by Crippen LogP contribution is 2.13. The Bertz CT molecular complexity index is 1380. The van der Waals surface area contributed by atoms with Crippen LogP contribution >= 0.6 is 11.6 Å². The van der Waals surface area contributed by atoms with E-state index in [0.29, 0.717) is 23.7 Å². The second-order valence-electron chi connectivity index (χ2n) is 7.14. The third kappa shape index (κ3) is 3.53. The van der Waals surface area contributed by atoms with Crippen LogP contribution in [-0.4, -0.2) is 34.5 Å². The van der Waals surface area contributed by atoms with E-state index in [9.17, 15) is 4.79 Å². The van der Waals surface area contributed by atoms with Crippen molar-refractivity contribution in [3.63, 3.8) is 0 Å². The van der Waals surface area contributed by atoms with Crippen molar-refractivity contribution in [1.82, 2.24) is 33.9 Å². The Hall–Kier alpha value is -3.65. The molecule has 0 aliphatic rings. The first-order chi connectivity index (χ1) is 14.5. The number of nitrogens with one attached hydrogen (secondary N) is 1. The smallest absolute Gasteiger partial charge is 0.254 e. The molecule has 0 aliphatic carbocycles. The minimum atomic E-state index is -0.205. The Morgan fingerprint density at radius 3 is 2.93 bits per heavy atom. The number of imidazole rings is 2. The average molecular weight is 420 g/mol. The lowest BCUT2D eigenvalue weighted by atomic mass is 10.3. The van der Waals surface area contributed by atoms with Gasteiger partial charge in [-0.25, -0.2) is 9.97 Å². The Balaban J connectivity index is 1.27. The van der Waals surface area contributed by atoms with Gasteiger partial charge in [0.15, 0.2) is 0 Å². The maximum absolute atomic E-state index is 12.5. The predicted molar refractivity (Wildman–Crippen MR) is 113 cm³/mol. The molecule has 0 unspecified atom stereocenters. The molecule has 1 amide bonds. The summed E-state index contributed by atoms with van der Waals surface area (Å²) in [6.45, 7) is 2.85. The van der Waals surface area contributed by atoms with E-state index in [1.165, 1.54) is 0 Å². The molecule has 5 aromatic rings. The first-order valence-electron chi connectivity index (χ1n) is 9.41. The van der Waals surface area contributed by atoms with Gasteiger partial charge >= 0.3 is 0 Å². The first-order valence-corrected chi connectivity index (χ1v) is 9.79. The van der Waals surface area contributed by atoms with Crippen LogP contribution in [0.4, 0.5) is 0 Å². The second kappa shape index (κ2) is 7.31. The van der Waals surface area contributed by atoms with Gasteiger partial charge in [-0.15, -0.1) is 0 Å². The summed E-state index contributed by atoms with van der Waals surface area (Å²) >= 11 is 6.06. The molecule has 150 valence electrons. The first kappa shape index (κ1) is 18.4. The summed E-state index contributed by atoms with van der Waals surface area (Å²) in [6.07, 6.45) is 10.7. The van der Waals surface area contributed by atoms with Crippen LogP contribution in [-0.2, 0) is 13.1 Å². The van der Waals surface area contributed by atoms with Gasteiger partial charge in [-0.2, -0.15) is 5.10 Å². The molecule has 9 heteroatoms. The number of carbonyl (C=O) groups is 1. The highest BCUT2D eigenvalue weighted by molar-refractivity contribution is 6.30. The zero-order chi connectivity index (χ0) is 20.7. The summed E-state index contributed by atoms with van der Waals surface area (Å²) in [5, 5.41) is 7.81. The van der Waals surface area contributed by atoms with Gasteiger partial charge in [-0.05, 0) is 36.8 Å². The van der Waals surface area contributed by atoms with Crippen molar-refractivity contribution in [3.05, 3.63) is 89.0 Å². The number of aryl methyl sites for hydroxylation is 1. The van der Waals surface area contributed by atoms with Crippen LogP contribution in [0.2, 0.25) is 5.02 Å². The summed E-state index contributed by atoms with van der Waals surface area (Å²) in [7, 11) is 0. The number of fused-ring (bicyclic) bond motifs is 2. The van der Waals surface area contributed by atoms with Crippen molar-refractivity contribution in [2.24, 2.45) is 0 Å². The van der Waals surface area contributed by atoms with E-state index in [0.717, 1.165) is 28.2 Å². The van der Waals surface area contributed by atoms with Crippen LogP contribution in [0.5, 0.6) is 0 Å². The Labute approximate surface area is 176 Å². The number of halogens is 1. The molecule has 5 rings (SSSR count). The zero-order valence-corrected chi connectivity index (χ0v) is 16.9. The monoisotopic (exact) mass is 419 g/mol. The molecule has 1 N–H and O–H groups in total. The lowest BCUT2D eigenvalue weighted by Gasteiger charge is -2.04. The van der Waals surface area contributed by atoms with E-state index in [1.807, 2.05) is 46.3 Å². The molecule has 0 saturated carbocycles. The van der Waals surface area contributed by atoms with E-state index in [4.69, 9.17) is 11.6 Å². The largest absolute Gasteiger partial charge is 0.346 e. The maximum atomic E-state index is 12.5. The van der Waals surface area contributed by atoms with Crippen molar-refractivity contribution >= 4 is 28.8 Å². The molecule has 0 bridgehead atoms. The van der Waals surface area contributed by atoms with Gasteiger partial charge in [0, 0.05) is 24.8 Å². The van der Waals surface area contributed by atoms with Crippen molar-refractivity contribution in [3.8, 4) is 0 Å².